The summed E-state index contributed by atoms with van der Waals surface area (Å²) in [6, 6.07) is 20.6. The van der Waals surface area contributed by atoms with Crippen molar-refractivity contribution >= 4 is 12.0 Å². The number of nitrogens with zero attached hydrogens (tertiary/aromatic N) is 4. The van der Waals surface area contributed by atoms with E-state index in [9.17, 15) is 4.79 Å². The van der Waals surface area contributed by atoms with Gasteiger partial charge in [0.1, 0.15) is 0 Å². The largest absolute Gasteiger partial charge is 0.343 e. The summed E-state index contributed by atoms with van der Waals surface area (Å²) in [6.45, 7) is 3.26. The van der Waals surface area contributed by atoms with Crippen LogP contribution in [0.4, 0.5) is 0 Å². The van der Waals surface area contributed by atoms with E-state index < -0.39 is 0 Å². The topological polar surface area (TPSA) is 41.4 Å². The number of hydrogen-bond acceptors (Lipinski definition) is 3. The van der Waals surface area contributed by atoms with Crippen molar-refractivity contribution in [3.63, 3.8) is 0 Å². The molecule has 0 saturated carbocycles. The predicted octanol–water partition coefficient (Wildman–Crippen LogP) is 3.70. The first-order chi connectivity index (χ1) is 14.6. The molecule has 2 heterocycles. The molecule has 0 saturated heterocycles. The molecule has 154 valence electrons. The Balaban J connectivity index is 1.55. The fourth-order valence-electron chi connectivity index (χ4n) is 3.88. The van der Waals surface area contributed by atoms with E-state index in [1.165, 1.54) is 16.8 Å². The van der Waals surface area contributed by atoms with Gasteiger partial charge < -0.3 is 4.90 Å². The van der Waals surface area contributed by atoms with Gasteiger partial charge in [0.15, 0.2) is 5.69 Å². The Morgan fingerprint density at radius 3 is 2.47 bits per heavy atom. The second-order valence-electron chi connectivity index (χ2n) is 7.91. The molecule has 0 spiro atoms. The van der Waals surface area contributed by atoms with Gasteiger partial charge in [0.2, 0.25) is 0 Å². The van der Waals surface area contributed by atoms with Crippen molar-refractivity contribution in [1.29, 1.82) is 0 Å². The molecule has 5 nitrogen and oxygen atoms in total. The monoisotopic (exact) mass is 400 g/mol. The summed E-state index contributed by atoms with van der Waals surface area (Å²) < 4.78 is 2.03. The first kappa shape index (κ1) is 20.1. The lowest BCUT2D eigenvalue weighted by Crippen LogP contribution is -2.32. The van der Waals surface area contributed by atoms with E-state index in [1.807, 2.05) is 41.1 Å². The van der Waals surface area contributed by atoms with E-state index in [2.05, 4.69) is 41.3 Å². The Hall–Kier alpha value is -3.18. The van der Waals surface area contributed by atoms with Gasteiger partial charge in [-0.1, -0.05) is 72.8 Å². The number of aromatic nitrogens is 2. The predicted molar refractivity (Wildman–Crippen MR) is 120 cm³/mol. The van der Waals surface area contributed by atoms with Crippen molar-refractivity contribution in [2.75, 3.05) is 27.2 Å². The van der Waals surface area contributed by atoms with Crippen LogP contribution in [0, 0.1) is 0 Å². The molecule has 1 aliphatic rings. The standard InChI is InChI=1S/C25H28N4O/c1-27(2)25(30)24-22-19-28(16-9-14-20-10-5-3-6-11-20)17-15-23(22)29(26-24)18-21-12-7-4-8-13-21/h3-14H,15-19H2,1-2H3. The highest BCUT2D eigenvalue weighted by molar-refractivity contribution is 5.93. The Kier molecular flexibility index (Phi) is 6.10. The average molecular weight is 401 g/mol. The van der Waals surface area contributed by atoms with Gasteiger partial charge in [-0.3, -0.25) is 14.4 Å². The van der Waals surface area contributed by atoms with E-state index >= 15 is 0 Å². The Morgan fingerprint density at radius 2 is 1.77 bits per heavy atom. The Bertz CT molecular complexity index is 1020. The Labute approximate surface area is 178 Å². The van der Waals surface area contributed by atoms with Gasteiger partial charge in [0.05, 0.1) is 6.54 Å². The van der Waals surface area contributed by atoms with Crippen molar-refractivity contribution in [2.45, 2.75) is 19.5 Å². The number of amides is 1. The molecule has 4 rings (SSSR count). The molecule has 0 atom stereocenters. The molecule has 0 unspecified atom stereocenters. The third-order valence-corrected chi connectivity index (χ3v) is 5.47. The minimum absolute atomic E-state index is 0.0280. The van der Waals surface area contributed by atoms with Crippen LogP contribution in [0.3, 0.4) is 0 Å². The summed E-state index contributed by atoms with van der Waals surface area (Å²) in [5, 5.41) is 4.75. The van der Waals surface area contributed by atoms with Crippen LogP contribution in [0.5, 0.6) is 0 Å². The van der Waals surface area contributed by atoms with Crippen molar-refractivity contribution in [3.8, 4) is 0 Å². The smallest absolute Gasteiger partial charge is 0.274 e. The highest BCUT2D eigenvalue weighted by Crippen LogP contribution is 2.24. The zero-order chi connectivity index (χ0) is 20.9. The summed E-state index contributed by atoms with van der Waals surface area (Å²) in [4.78, 5) is 16.8. The molecule has 0 fully saturated rings. The van der Waals surface area contributed by atoms with Crippen LogP contribution in [0.25, 0.3) is 6.08 Å². The second-order valence-corrected chi connectivity index (χ2v) is 7.91. The minimum atomic E-state index is -0.0280. The first-order valence-electron chi connectivity index (χ1n) is 10.4. The van der Waals surface area contributed by atoms with Gasteiger partial charge in [0, 0.05) is 51.4 Å². The molecular weight excluding hydrogens is 372 g/mol. The molecule has 5 heteroatoms. The van der Waals surface area contributed by atoms with Gasteiger partial charge in [0.25, 0.3) is 5.91 Å². The van der Waals surface area contributed by atoms with Gasteiger partial charge >= 0.3 is 0 Å². The normalized spacial score (nSPS) is 14.1. The van der Waals surface area contributed by atoms with Gasteiger partial charge in [-0.15, -0.1) is 0 Å². The van der Waals surface area contributed by atoms with Crippen LogP contribution in [-0.4, -0.2) is 52.7 Å². The van der Waals surface area contributed by atoms with E-state index in [4.69, 9.17) is 5.10 Å². The lowest BCUT2D eigenvalue weighted by Gasteiger charge is -2.26. The summed E-state index contributed by atoms with van der Waals surface area (Å²) >= 11 is 0. The maximum absolute atomic E-state index is 12.8. The number of fused-ring (bicyclic) bond motifs is 1. The maximum atomic E-state index is 12.8. The quantitative estimate of drug-likeness (QED) is 0.634. The molecule has 0 radical (unpaired) electrons. The number of benzene rings is 2. The highest BCUT2D eigenvalue weighted by Gasteiger charge is 2.28. The molecule has 30 heavy (non-hydrogen) atoms. The van der Waals surface area contributed by atoms with E-state index in [0.717, 1.165) is 31.6 Å². The summed E-state index contributed by atoms with van der Waals surface area (Å²) in [7, 11) is 3.57. The second kappa shape index (κ2) is 9.09. The zero-order valence-electron chi connectivity index (χ0n) is 17.7. The summed E-state index contributed by atoms with van der Waals surface area (Å²) in [6.07, 6.45) is 5.25. The summed E-state index contributed by atoms with van der Waals surface area (Å²) in [5.41, 5.74) is 5.24. The molecule has 1 aliphatic heterocycles. The van der Waals surface area contributed by atoms with Crippen molar-refractivity contribution in [3.05, 3.63) is 94.8 Å². The van der Waals surface area contributed by atoms with E-state index in [-0.39, 0.29) is 5.91 Å². The zero-order valence-corrected chi connectivity index (χ0v) is 17.7. The average Bonchev–Trinajstić information content (AvgIpc) is 3.12. The van der Waals surface area contributed by atoms with Gasteiger partial charge in [-0.05, 0) is 11.1 Å². The SMILES string of the molecule is CN(C)C(=O)c1nn(Cc2ccccc2)c2c1CN(CC=Cc1ccccc1)CC2. The fraction of sp³-hybridized carbons (Fsp3) is 0.280. The Morgan fingerprint density at radius 1 is 1.07 bits per heavy atom. The first-order valence-corrected chi connectivity index (χ1v) is 10.4. The van der Waals surface area contributed by atoms with Crippen molar-refractivity contribution in [1.82, 2.24) is 19.6 Å². The van der Waals surface area contributed by atoms with Crippen LogP contribution in [0.2, 0.25) is 0 Å². The molecule has 0 bridgehead atoms. The molecular formula is C25H28N4O. The van der Waals surface area contributed by atoms with Crippen LogP contribution >= 0.6 is 0 Å². The van der Waals surface area contributed by atoms with E-state index in [1.54, 1.807) is 19.0 Å². The third kappa shape index (κ3) is 4.52. The minimum Gasteiger partial charge on any atom is -0.343 e. The molecule has 1 amide bonds. The van der Waals surface area contributed by atoms with Crippen LogP contribution in [-0.2, 0) is 19.5 Å². The molecule has 0 N–H and O–H groups in total. The number of carbonyl (C=O) groups excluding carboxylic acids is 1. The molecule has 3 aromatic rings. The lowest BCUT2D eigenvalue weighted by molar-refractivity contribution is 0.0819. The fourth-order valence-corrected chi connectivity index (χ4v) is 3.88. The third-order valence-electron chi connectivity index (χ3n) is 5.47. The van der Waals surface area contributed by atoms with Crippen LogP contribution < -0.4 is 0 Å². The highest BCUT2D eigenvalue weighted by atomic mass is 16.2. The number of rotatable bonds is 6. The molecule has 1 aromatic heterocycles. The van der Waals surface area contributed by atoms with Crippen molar-refractivity contribution < 1.29 is 4.79 Å². The molecule has 2 aromatic carbocycles. The van der Waals surface area contributed by atoms with Crippen LogP contribution in [0.1, 0.15) is 32.9 Å². The maximum Gasteiger partial charge on any atom is 0.274 e. The number of hydrogen-bond donors (Lipinski definition) is 0. The van der Waals surface area contributed by atoms with Gasteiger partial charge in [-0.2, -0.15) is 5.10 Å². The molecule has 0 aliphatic carbocycles. The van der Waals surface area contributed by atoms with Gasteiger partial charge in [-0.25, -0.2) is 0 Å². The van der Waals surface area contributed by atoms with Crippen LogP contribution in [0.15, 0.2) is 66.7 Å². The summed E-state index contributed by atoms with van der Waals surface area (Å²) in [5.74, 6) is -0.0280. The number of carbonyl (C=O) groups is 1. The lowest BCUT2D eigenvalue weighted by atomic mass is 10.0. The van der Waals surface area contributed by atoms with Crippen molar-refractivity contribution in [2.24, 2.45) is 0 Å². The van der Waals surface area contributed by atoms with E-state index in [0.29, 0.717) is 12.2 Å².